The minimum atomic E-state index is -0.608. The molecule has 0 saturated heterocycles. The lowest BCUT2D eigenvalue weighted by Crippen LogP contribution is -2.23. The van der Waals surface area contributed by atoms with Crippen LogP contribution in [0.15, 0.2) is 17.7 Å². The van der Waals surface area contributed by atoms with Crippen molar-refractivity contribution in [2.75, 3.05) is 19.8 Å². The summed E-state index contributed by atoms with van der Waals surface area (Å²) in [6.45, 7) is 6.10. The van der Waals surface area contributed by atoms with E-state index in [0.717, 1.165) is 0 Å². The van der Waals surface area contributed by atoms with E-state index >= 15 is 0 Å². The first-order valence-electron chi connectivity index (χ1n) is 7.00. The molecule has 0 N–H and O–H groups in total. The van der Waals surface area contributed by atoms with Crippen molar-refractivity contribution >= 4 is 18.3 Å². The molecule has 118 valence electrons. The Balaban J connectivity index is 2.08. The van der Waals surface area contributed by atoms with E-state index in [1.54, 1.807) is 39.0 Å². The van der Waals surface area contributed by atoms with Crippen molar-refractivity contribution in [3.05, 3.63) is 23.4 Å². The Hall–Kier alpha value is -2.37. The van der Waals surface area contributed by atoms with Crippen molar-refractivity contribution in [1.82, 2.24) is 4.98 Å². The van der Waals surface area contributed by atoms with Crippen molar-refractivity contribution in [3.63, 3.8) is 0 Å². The van der Waals surface area contributed by atoms with Crippen LogP contribution in [0.25, 0.3) is 6.08 Å². The van der Waals surface area contributed by atoms with E-state index in [9.17, 15) is 9.59 Å². The number of aromatic nitrogens is 1. The minimum Gasteiger partial charge on any atom is -0.484 e. The number of nitrogens with zero attached hydrogens (tertiary/aromatic N) is 1. The molecule has 0 saturated carbocycles. The van der Waals surface area contributed by atoms with Crippen LogP contribution in [-0.4, -0.2) is 37.1 Å². The smallest absolute Gasteiger partial charge is 0.311 e. The topological polar surface area (TPSA) is 74.7 Å². The Morgan fingerprint density at radius 3 is 2.73 bits per heavy atom. The van der Waals surface area contributed by atoms with Gasteiger partial charge in [0.15, 0.2) is 5.75 Å². The molecule has 6 nitrogen and oxygen atoms in total. The summed E-state index contributed by atoms with van der Waals surface area (Å²) < 4.78 is 15.9. The van der Waals surface area contributed by atoms with E-state index < -0.39 is 5.41 Å². The highest BCUT2D eigenvalue weighted by Gasteiger charge is 2.23. The van der Waals surface area contributed by atoms with Crippen LogP contribution in [0.4, 0.5) is 0 Å². The molecule has 0 amide bonds. The van der Waals surface area contributed by atoms with Crippen molar-refractivity contribution in [3.8, 4) is 11.6 Å². The zero-order chi connectivity index (χ0) is 16.2. The maximum Gasteiger partial charge on any atom is 0.311 e. The lowest BCUT2D eigenvalue weighted by atomic mass is 9.97. The number of rotatable bonds is 4. The molecule has 0 atom stereocenters. The molecule has 0 aliphatic carbocycles. The molecule has 0 bridgehead atoms. The van der Waals surface area contributed by atoms with Gasteiger partial charge in [-0.1, -0.05) is 0 Å². The minimum absolute atomic E-state index is 0.0876. The van der Waals surface area contributed by atoms with Crippen molar-refractivity contribution in [2.45, 2.75) is 20.8 Å². The molecular weight excluding hydrogens is 286 g/mol. The summed E-state index contributed by atoms with van der Waals surface area (Å²) in [4.78, 5) is 27.1. The second-order valence-electron chi connectivity index (χ2n) is 5.90. The SMILES string of the molecule is CC(C)(C)C(=O)OC/C(C=O)=C/c1ccc2c(n1)OCCO2. The summed E-state index contributed by atoms with van der Waals surface area (Å²) in [6.07, 6.45) is 2.20. The molecular formula is C16H19NO5. The van der Waals surface area contributed by atoms with Gasteiger partial charge in [-0.15, -0.1) is 0 Å². The number of esters is 1. The number of pyridine rings is 1. The lowest BCUT2D eigenvalue weighted by molar-refractivity contribution is -0.151. The van der Waals surface area contributed by atoms with Crippen LogP contribution in [-0.2, 0) is 14.3 Å². The Kier molecular flexibility index (Phi) is 4.80. The average Bonchev–Trinajstić information content (AvgIpc) is 2.49. The average molecular weight is 305 g/mol. The lowest BCUT2D eigenvalue weighted by Gasteiger charge is -2.17. The summed E-state index contributed by atoms with van der Waals surface area (Å²) >= 11 is 0. The zero-order valence-electron chi connectivity index (χ0n) is 12.9. The van der Waals surface area contributed by atoms with Crippen LogP contribution in [0.1, 0.15) is 26.5 Å². The Bertz CT molecular complexity index is 601. The molecule has 0 radical (unpaired) electrons. The first-order chi connectivity index (χ1) is 10.4. The van der Waals surface area contributed by atoms with Crippen molar-refractivity contribution in [1.29, 1.82) is 0 Å². The van der Waals surface area contributed by atoms with Crippen LogP contribution < -0.4 is 9.47 Å². The standard InChI is InChI=1S/C16H19NO5/c1-16(2,3)15(19)22-10-11(9-18)8-12-4-5-13-14(17-12)21-7-6-20-13/h4-5,8-9H,6-7,10H2,1-3H3/b11-8+. The third kappa shape index (κ3) is 4.07. The number of aldehydes is 1. The molecule has 0 aromatic carbocycles. The second-order valence-corrected chi connectivity index (χ2v) is 5.90. The Labute approximate surface area is 129 Å². The fraction of sp³-hybridized carbons (Fsp3) is 0.438. The van der Waals surface area contributed by atoms with Gasteiger partial charge in [0.1, 0.15) is 26.1 Å². The molecule has 1 aliphatic heterocycles. The first-order valence-corrected chi connectivity index (χ1v) is 7.00. The molecule has 0 unspecified atom stereocenters. The molecule has 6 heteroatoms. The van der Waals surface area contributed by atoms with Crippen molar-refractivity contribution in [2.24, 2.45) is 5.41 Å². The molecule has 1 aliphatic rings. The van der Waals surface area contributed by atoms with E-state index in [0.29, 0.717) is 42.4 Å². The van der Waals surface area contributed by atoms with E-state index in [4.69, 9.17) is 14.2 Å². The maximum atomic E-state index is 11.7. The highest BCUT2D eigenvalue weighted by molar-refractivity contribution is 5.83. The fourth-order valence-corrected chi connectivity index (χ4v) is 1.69. The number of hydrogen-bond donors (Lipinski definition) is 0. The van der Waals surface area contributed by atoms with E-state index in [2.05, 4.69) is 4.98 Å². The summed E-state index contributed by atoms with van der Waals surface area (Å²) in [7, 11) is 0. The van der Waals surface area contributed by atoms with Crippen LogP contribution in [0.3, 0.4) is 0 Å². The van der Waals surface area contributed by atoms with Gasteiger partial charge in [0.2, 0.25) is 0 Å². The summed E-state index contributed by atoms with van der Waals surface area (Å²) in [6, 6.07) is 3.44. The molecule has 1 aromatic rings. The number of carbonyl (C=O) groups is 2. The highest BCUT2D eigenvalue weighted by atomic mass is 16.6. The molecule has 0 spiro atoms. The van der Waals surface area contributed by atoms with Gasteiger partial charge in [-0.25, -0.2) is 4.98 Å². The third-order valence-electron chi connectivity index (χ3n) is 2.89. The van der Waals surface area contributed by atoms with Crippen LogP contribution in [0.5, 0.6) is 11.6 Å². The number of hydrogen-bond acceptors (Lipinski definition) is 6. The number of fused-ring (bicyclic) bond motifs is 1. The van der Waals surface area contributed by atoms with Gasteiger partial charge < -0.3 is 14.2 Å². The maximum absolute atomic E-state index is 11.7. The molecule has 22 heavy (non-hydrogen) atoms. The Morgan fingerprint density at radius 1 is 1.32 bits per heavy atom. The van der Waals surface area contributed by atoms with Gasteiger partial charge >= 0.3 is 5.97 Å². The van der Waals surface area contributed by atoms with Crippen LogP contribution >= 0.6 is 0 Å². The van der Waals surface area contributed by atoms with Gasteiger partial charge in [-0.3, -0.25) is 9.59 Å². The van der Waals surface area contributed by atoms with Crippen LogP contribution in [0, 0.1) is 5.41 Å². The largest absolute Gasteiger partial charge is 0.484 e. The molecule has 2 rings (SSSR count). The fourth-order valence-electron chi connectivity index (χ4n) is 1.69. The molecule has 1 aromatic heterocycles. The van der Waals surface area contributed by atoms with Gasteiger partial charge in [0.25, 0.3) is 5.88 Å². The highest BCUT2D eigenvalue weighted by Crippen LogP contribution is 2.28. The first kappa shape index (κ1) is 16.0. The number of carbonyl (C=O) groups excluding carboxylic acids is 2. The summed E-state index contributed by atoms with van der Waals surface area (Å²) in [5.41, 5.74) is 0.253. The zero-order valence-corrected chi connectivity index (χ0v) is 12.9. The van der Waals surface area contributed by atoms with Gasteiger partial charge in [-0.2, -0.15) is 0 Å². The molecule has 2 heterocycles. The third-order valence-corrected chi connectivity index (χ3v) is 2.89. The van der Waals surface area contributed by atoms with E-state index in [1.807, 2.05) is 0 Å². The van der Waals surface area contributed by atoms with Gasteiger partial charge in [0, 0.05) is 5.57 Å². The summed E-state index contributed by atoms with van der Waals surface area (Å²) in [5.74, 6) is 0.613. The predicted molar refractivity (Wildman–Crippen MR) is 79.7 cm³/mol. The van der Waals surface area contributed by atoms with E-state index in [-0.39, 0.29) is 12.6 Å². The second kappa shape index (κ2) is 6.60. The number of ether oxygens (including phenoxy) is 3. The Morgan fingerprint density at radius 2 is 2.05 bits per heavy atom. The molecule has 0 fully saturated rings. The monoisotopic (exact) mass is 305 g/mol. The van der Waals surface area contributed by atoms with Crippen LogP contribution in [0.2, 0.25) is 0 Å². The summed E-state index contributed by atoms with van der Waals surface area (Å²) in [5, 5.41) is 0. The van der Waals surface area contributed by atoms with E-state index in [1.165, 1.54) is 0 Å². The predicted octanol–water partition coefficient (Wildman–Crippen LogP) is 2.02. The van der Waals surface area contributed by atoms with Gasteiger partial charge in [0.05, 0.1) is 11.1 Å². The van der Waals surface area contributed by atoms with Crippen molar-refractivity contribution < 1.29 is 23.8 Å². The normalized spacial score (nSPS) is 14.4. The quantitative estimate of drug-likeness (QED) is 0.481. The van der Waals surface area contributed by atoms with Gasteiger partial charge in [-0.05, 0) is 39.0 Å².